The summed E-state index contributed by atoms with van der Waals surface area (Å²) in [5, 5.41) is 11.0. The van der Waals surface area contributed by atoms with Gasteiger partial charge in [-0.25, -0.2) is 0 Å². The molecule has 0 atom stereocenters. The summed E-state index contributed by atoms with van der Waals surface area (Å²) >= 11 is 0. The summed E-state index contributed by atoms with van der Waals surface area (Å²) in [6.07, 6.45) is 5.74. The van der Waals surface area contributed by atoms with Gasteiger partial charge in [-0.2, -0.15) is 0 Å². The van der Waals surface area contributed by atoms with Crippen molar-refractivity contribution in [1.29, 1.82) is 0 Å². The Kier molecular flexibility index (Phi) is 4.71. The maximum atomic E-state index is 12.3. The van der Waals surface area contributed by atoms with Gasteiger partial charge in [0.05, 0.1) is 11.3 Å². The molecule has 0 heterocycles. The van der Waals surface area contributed by atoms with Gasteiger partial charge in [-0.05, 0) is 12.8 Å². The van der Waals surface area contributed by atoms with Gasteiger partial charge in [-0.1, -0.05) is 37.5 Å². The average molecular weight is 276 g/mol. The van der Waals surface area contributed by atoms with E-state index < -0.39 is 4.92 Å². The predicted octanol–water partition coefficient (Wildman–Crippen LogP) is 2.93. The summed E-state index contributed by atoms with van der Waals surface area (Å²) in [5.74, 6) is -0.0359. The first kappa shape index (κ1) is 14.5. The SMILES string of the molecule is CN(C(=O)Cc1ccccc1[N+](=O)[O-])C1CCCCC1. The third-order valence-corrected chi connectivity index (χ3v) is 4.05. The lowest BCUT2D eigenvalue weighted by molar-refractivity contribution is -0.385. The Bertz CT molecular complexity index is 496. The number of rotatable bonds is 4. The Morgan fingerprint density at radius 3 is 2.60 bits per heavy atom. The molecule has 108 valence electrons. The number of benzene rings is 1. The van der Waals surface area contributed by atoms with Gasteiger partial charge in [0.1, 0.15) is 0 Å². The number of likely N-dealkylation sites (N-methyl/N-ethyl adjacent to an activating group) is 1. The normalized spacial score (nSPS) is 15.8. The molecule has 0 spiro atoms. The molecule has 1 aromatic rings. The molecule has 0 unspecified atom stereocenters. The molecule has 0 bridgehead atoms. The summed E-state index contributed by atoms with van der Waals surface area (Å²) in [7, 11) is 1.81. The molecule has 1 amide bonds. The third-order valence-electron chi connectivity index (χ3n) is 4.05. The Hall–Kier alpha value is -1.91. The quantitative estimate of drug-likeness (QED) is 0.627. The zero-order valence-electron chi connectivity index (χ0n) is 11.7. The number of carbonyl (C=O) groups is 1. The highest BCUT2D eigenvalue weighted by molar-refractivity contribution is 5.80. The second-order valence-electron chi connectivity index (χ2n) is 5.36. The van der Waals surface area contributed by atoms with Gasteiger partial charge in [0.25, 0.3) is 5.69 Å². The maximum absolute atomic E-state index is 12.3. The van der Waals surface area contributed by atoms with Crippen molar-refractivity contribution in [2.45, 2.75) is 44.6 Å². The number of nitro benzene ring substituents is 1. The van der Waals surface area contributed by atoms with Gasteiger partial charge in [-0.15, -0.1) is 0 Å². The van der Waals surface area contributed by atoms with Crippen molar-refractivity contribution in [3.8, 4) is 0 Å². The van der Waals surface area contributed by atoms with E-state index in [1.54, 1.807) is 23.1 Å². The van der Waals surface area contributed by atoms with Gasteiger partial charge >= 0.3 is 0 Å². The fourth-order valence-electron chi connectivity index (χ4n) is 2.80. The molecule has 1 saturated carbocycles. The monoisotopic (exact) mass is 276 g/mol. The summed E-state index contributed by atoms with van der Waals surface area (Å²) in [6.45, 7) is 0. The van der Waals surface area contributed by atoms with Crippen LogP contribution >= 0.6 is 0 Å². The number of hydrogen-bond donors (Lipinski definition) is 0. The highest BCUT2D eigenvalue weighted by Gasteiger charge is 2.24. The van der Waals surface area contributed by atoms with Gasteiger partial charge in [0, 0.05) is 24.7 Å². The summed E-state index contributed by atoms with van der Waals surface area (Å²) in [4.78, 5) is 24.6. The lowest BCUT2D eigenvalue weighted by Gasteiger charge is -2.31. The van der Waals surface area contributed by atoms with Crippen molar-refractivity contribution in [2.75, 3.05) is 7.05 Å². The highest BCUT2D eigenvalue weighted by atomic mass is 16.6. The minimum atomic E-state index is -0.427. The van der Waals surface area contributed by atoms with Crippen LogP contribution in [-0.2, 0) is 11.2 Å². The van der Waals surface area contributed by atoms with Crippen LogP contribution in [-0.4, -0.2) is 28.8 Å². The van der Waals surface area contributed by atoms with Crippen LogP contribution < -0.4 is 0 Å². The molecule has 1 aliphatic carbocycles. The number of hydrogen-bond acceptors (Lipinski definition) is 3. The molecular weight excluding hydrogens is 256 g/mol. The van der Waals surface area contributed by atoms with Gasteiger partial charge in [0.15, 0.2) is 0 Å². The Morgan fingerprint density at radius 1 is 1.30 bits per heavy atom. The van der Waals surface area contributed by atoms with Crippen LogP contribution in [0.2, 0.25) is 0 Å². The van der Waals surface area contributed by atoms with Crippen molar-refractivity contribution in [2.24, 2.45) is 0 Å². The lowest BCUT2D eigenvalue weighted by atomic mass is 9.94. The molecule has 20 heavy (non-hydrogen) atoms. The fraction of sp³-hybridized carbons (Fsp3) is 0.533. The van der Waals surface area contributed by atoms with Crippen LogP contribution in [0.3, 0.4) is 0 Å². The molecule has 5 heteroatoms. The standard InChI is InChI=1S/C15H20N2O3/c1-16(13-8-3-2-4-9-13)15(18)11-12-7-5-6-10-14(12)17(19)20/h5-7,10,13H,2-4,8-9,11H2,1H3. The molecule has 0 saturated heterocycles. The number of para-hydroxylation sites is 1. The van der Waals surface area contributed by atoms with Crippen molar-refractivity contribution < 1.29 is 9.72 Å². The highest BCUT2D eigenvalue weighted by Crippen LogP contribution is 2.23. The Morgan fingerprint density at radius 2 is 1.95 bits per heavy atom. The van der Waals surface area contributed by atoms with Crippen molar-refractivity contribution in [3.05, 3.63) is 39.9 Å². The first-order chi connectivity index (χ1) is 9.59. The molecule has 1 fully saturated rings. The summed E-state index contributed by atoms with van der Waals surface area (Å²) < 4.78 is 0. The van der Waals surface area contributed by atoms with E-state index in [2.05, 4.69) is 0 Å². The van der Waals surface area contributed by atoms with Crippen LogP contribution in [0.15, 0.2) is 24.3 Å². The third kappa shape index (κ3) is 3.35. The molecular formula is C15H20N2O3. The maximum Gasteiger partial charge on any atom is 0.273 e. The van der Waals surface area contributed by atoms with E-state index in [0.29, 0.717) is 11.6 Å². The van der Waals surface area contributed by atoms with E-state index in [1.807, 2.05) is 7.05 Å². The summed E-state index contributed by atoms with van der Waals surface area (Å²) in [5.41, 5.74) is 0.517. The van der Waals surface area contributed by atoms with Gasteiger partial charge < -0.3 is 4.90 Å². The number of nitrogens with zero attached hydrogens (tertiary/aromatic N) is 2. The van der Waals surface area contributed by atoms with E-state index in [9.17, 15) is 14.9 Å². The molecule has 5 nitrogen and oxygen atoms in total. The zero-order chi connectivity index (χ0) is 14.5. The van der Waals surface area contributed by atoms with Crippen LogP contribution in [0, 0.1) is 10.1 Å². The van der Waals surface area contributed by atoms with E-state index in [1.165, 1.54) is 12.5 Å². The molecule has 1 aliphatic rings. The molecule has 0 aromatic heterocycles. The predicted molar refractivity (Wildman–Crippen MR) is 76.4 cm³/mol. The summed E-state index contributed by atoms with van der Waals surface area (Å²) in [6, 6.07) is 6.75. The number of amides is 1. The molecule has 2 rings (SSSR count). The fourth-order valence-corrected chi connectivity index (χ4v) is 2.80. The second kappa shape index (κ2) is 6.50. The first-order valence-electron chi connectivity index (χ1n) is 7.07. The van der Waals surface area contributed by atoms with Crippen molar-refractivity contribution in [3.63, 3.8) is 0 Å². The second-order valence-corrected chi connectivity index (χ2v) is 5.36. The van der Waals surface area contributed by atoms with Crippen molar-refractivity contribution in [1.82, 2.24) is 4.90 Å². The van der Waals surface area contributed by atoms with E-state index >= 15 is 0 Å². The number of nitro groups is 1. The average Bonchev–Trinajstić information content (AvgIpc) is 2.47. The molecule has 0 N–H and O–H groups in total. The smallest absolute Gasteiger partial charge is 0.273 e. The van der Waals surface area contributed by atoms with Crippen LogP contribution in [0.1, 0.15) is 37.7 Å². The van der Waals surface area contributed by atoms with Crippen LogP contribution in [0.4, 0.5) is 5.69 Å². The number of carbonyl (C=O) groups excluding carboxylic acids is 1. The molecule has 0 aliphatic heterocycles. The van der Waals surface area contributed by atoms with Crippen molar-refractivity contribution >= 4 is 11.6 Å². The van der Waals surface area contributed by atoms with Gasteiger partial charge in [-0.3, -0.25) is 14.9 Å². The van der Waals surface area contributed by atoms with E-state index in [4.69, 9.17) is 0 Å². The minimum Gasteiger partial charge on any atom is -0.342 e. The zero-order valence-corrected chi connectivity index (χ0v) is 11.7. The first-order valence-corrected chi connectivity index (χ1v) is 7.07. The largest absolute Gasteiger partial charge is 0.342 e. The Labute approximate surface area is 118 Å². The topological polar surface area (TPSA) is 63.5 Å². The lowest BCUT2D eigenvalue weighted by Crippen LogP contribution is -2.39. The molecule has 1 aromatic carbocycles. The van der Waals surface area contributed by atoms with Gasteiger partial charge in [0.2, 0.25) is 5.91 Å². The van der Waals surface area contributed by atoms with E-state index in [0.717, 1.165) is 25.7 Å². The minimum absolute atomic E-state index is 0.0258. The molecule has 0 radical (unpaired) electrons. The Balaban J connectivity index is 2.05. The van der Waals surface area contributed by atoms with E-state index in [-0.39, 0.29) is 18.0 Å². The van der Waals surface area contributed by atoms with Crippen LogP contribution in [0.5, 0.6) is 0 Å². The van der Waals surface area contributed by atoms with Crippen LogP contribution in [0.25, 0.3) is 0 Å².